The van der Waals surface area contributed by atoms with Crippen LogP contribution in [0.1, 0.15) is 38.8 Å². The lowest BCUT2D eigenvalue weighted by Gasteiger charge is -2.39. The van der Waals surface area contributed by atoms with E-state index in [4.69, 9.17) is 9.47 Å². The second kappa shape index (κ2) is 8.02. The molecule has 1 aliphatic rings. The Morgan fingerprint density at radius 1 is 1.15 bits per heavy atom. The standard InChI is InChI=1S/C19H28O7/c1-10(21)17-15(23)14(22)16(24)18(26-17)25-13-6-5-11(9-20)7-12(13)8-19(2,3)4/h5-7,14-18,20,22-24H,8-9H2,1-4H3. The third-order valence-corrected chi connectivity index (χ3v) is 4.24. The molecule has 1 aliphatic heterocycles. The molecular formula is C19H28O7. The third kappa shape index (κ3) is 4.81. The maximum atomic E-state index is 11.6. The molecule has 5 unspecified atom stereocenters. The molecule has 4 N–H and O–H groups in total. The molecule has 0 amide bonds. The molecule has 0 radical (unpaired) electrons. The molecule has 0 saturated carbocycles. The Hall–Kier alpha value is -1.51. The van der Waals surface area contributed by atoms with E-state index in [2.05, 4.69) is 20.8 Å². The molecule has 1 aromatic carbocycles. The summed E-state index contributed by atoms with van der Waals surface area (Å²) >= 11 is 0. The second-order valence-electron chi connectivity index (χ2n) is 7.96. The molecule has 7 heteroatoms. The van der Waals surface area contributed by atoms with Gasteiger partial charge in [0, 0.05) is 0 Å². The Labute approximate surface area is 153 Å². The summed E-state index contributed by atoms with van der Waals surface area (Å²) in [5, 5.41) is 39.5. The van der Waals surface area contributed by atoms with E-state index in [0.29, 0.717) is 12.2 Å². The van der Waals surface area contributed by atoms with E-state index in [1.165, 1.54) is 6.92 Å². The number of carbonyl (C=O) groups is 1. The van der Waals surface area contributed by atoms with Gasteiger partial charge in [-0.2, -0.15) is 0 Å². The Kier molecular flexibility index (Phi) is 6.42. The zero-order valence-corrected chi connectivity index (χ0v) is 15.5. The number of hydrogen-bond acceptors (Lipinski definition) is 7. The molecule has 0 bridgehead atoms. The number of carbonyl (C=O) groups excluding carboxylic acids is 1. The highest BCUT2D eigenvalue weighted by atomic mass is 16.7. The average molecular weight is 368 g/mol. The first kappa shape index (κ1) is 20.8. The van der Waals surface area contributed by atoms with Crippen molar-refractivity contribution in [1.29, 1.82) is 0 Å². The molecule has 5 atom stereocenters. The molecule has 0 aromatic heterocycles. The molecule has 7 nitrogen and oxygen atoms in total. The highest BCUT2D eigenvalue weighted by molar-refractivity contribution is 5.81. The van der Waals surface area contributed by atoms with Gasteiger partial charge >= 0.3 is 0 Å². The number of hydrogen-bond donors (Lipinski definition) is 4. The fourth-order valence-corrected chi connectivity index (χ4v) is 2.96. The van der Waals surface area contributed by atoms with Crippen molar-refractivity contribution < 1.29 is 34.7 Å². The molecule has 1 heterocycles. The van der Waals surface area contributed by atoms with Gasteiger partial charge in [0.2, 0.25) is 6.29 Å². The molecule has 1 aromatic rings. The van der Waals surface area contributed by atoms with Gasteiger partial charge in [-0.05, 0) is 42.0 Å². The molecule has 0 spiro atoms. The lowest BCUT2D eigenvalue weighted by molar-refractivity contribution is -0.265. The van der Waals surface area contributed by atoms with Crippen molar-refractivity contribution in [2.75, 3.05) is 0 Å². The monoisotopic (exact) mass is 368 g/mol. The summed E-state index contributed by atoms with van der Waals surface area (Å²) in [6.45, 7) is 7.29. The zero-order chi connectivity index (χ0) is 19.6. The number of ether oxygens (including phenoxy) is 2. The van der Waals surface area contributed by atoms with Gasteiger partial charge in [0.25, 0.3) is 0 Å². The fraction of sp³-hybridized carbons (Fsp3) is 0.632. The van der Waals surface area contributed by atoms with Crippen molar-refractivity contribution >= 4 is 5.78 Å². The number of benzene rings is 1. The van der Waals surface area contributed by atoms with E-state index in [0.717, 1.165) is 11.1 Å². The topological polar surface area (TPSA) is 116 Å². The predicted molar refractivity (Wildman–Crippen MR) is 93.5 cm³/mol. The summed E-state index contributed by atoms with van der Waals surface area (Å²) in [5.74, 6) is -0.0466. The number of ketones is 1. The summed E-state index contributed by atoms with van der Waals surface area (Å²) in [7, 11) is 0. The minimum absolute atomic E-state index is 0.0597. The van der Waals surface area contributed by atoms with Crippen molar-refractivity contribution in [1.82, 2.24) is 0 Å². The van der Waals surface area contributed by atoms with E-state index < -0.39 is 36.5 Å². The summed E-state index contributed by atoms with van der Waals surface area (Å²) in [5.41, 5.74) is 1.47. The lowest BCUT2D eigenvalue weighted by atomic mass is 9.87. The minimum Gasteiger partial charge on any atom is -0.462 e. The number of aliphatic hydroxyl groups is 4. The quantitative estimate of drug-likeness (QED) is 0.599. The number of Topliss-reactive ketones (excluding diaryl/α,β-unsaturated/α-hetero) is 1. The van der Waals surface area contributed by atoms with E-state index in [9.17, 15) is 25.2 Å². The van der Waals surface area contributed by atoms with Crippen LogP contribution in [-0.4, -0.2) is 56.9 Å². The van der Waals surface area contributed by atoms with Gasteiger partial charge in [-0.3, -0.25) is 4.79 Å². The van der Waals surface area contributed by atoms with Crippen molar-refractivity contribution in [3.05, 3.63) is 29.3 Å². The maximum absolute atomic E-state index is 11.6. The third-order valence-electron chi connectivity index (χ3n) is 4.24. The first-order valence-electron chi connectivity index (χ1n) is 8.63. The van der Waals surface area contributed by atoms with E-state index in [1.807, 2.05) is 6.07 Å². The fourth-order valence-electron chi connectivity index (χ4n) is 2.96. The number of aliphatic hydroxyl groups excluding tert-OH is 4. The maximum Gasteiger partial charge on any atom is 0.229 e. The van der Waals surface area contributed by atoms with E-state index in [-0.39, 0.29) is 12.0 Å². The number of rotatable bonds is 5. The van der Waals surface area contributed by atoms with Crippen LogP contribution in [0.4, 0.5) is 0 Å². The summed E-state index contributed by atoms with van der Waals surface area (Å²) in [6.07, 6.45) is -6.54. The SMILES string of the molecule is CC(=O)C1OC(Oc2ccc(CO)cc2CC(C)(C)C)C(O)C(O)C1O. The van der Waals surface area contributed by atoms with Crippen LogP contribution < -0.4 is 4.74 Å². The predicted octanol–water partition coefficient (Wildman–Crippen LogP) is 0.543. The van der Waals surface area contributed by atoms with Crippen molar-refractivity contribution in [3.8, 4) is 5.75 Å². The molecule has 146 valence electrons. The average Bonchev–Trinajstić information content (AvgIpc) is 2.54. The second-order valence-corrected chi connectivity index (χ2v) is 7.96. The first-order chi connectivity index (χ1) is 12.0. The van der Waals surface area contributed by atoms with Crippen LogP contribution >= 0.6 is 0 Å². The summed E-state index contributed by atoms with van der Waals surface area (Å²) < 4.78 is 11.2. The molecule has 1 saturated heterocycles. The van der Waals surface area contributed by atoms with Gasteiger partial charge < -0.3 is 29.9 Å². The van der Waals surface area contributed by atoms with Crippen molar-refractivity contribution in [3.63, 3.8) is 0 Å². The van der Waals surface area contributed by atoms with E-state index in [1.54, 1.807) is 12.1 Å². The largest absolute Gasteiger partial charge is 0.462 e. The van der Waals surface area contributed by atoms with Crippen LogP contribution in [0, 0.1) is 5.41 Å². The van der Waals surface area contributed by atoms with Gasteiger partial charge in [-0.15, -0.1) is 0 Å². The van der Waals surface area contributed by atoms with Gasteiger partial charge in [-0.25, -0.2) is 0 Å². The molecule has 0 aliphatic carbocycles. The van der Waals surface area contributed by atoms with Crippen LogP contribution in [-0.2, 0) is 22.6 Å². The Balaban J connectivity index is 2.29. The van der Waals surface area contributed by atoms with Crippen molar-refractivity contribution in [2.24, 2.45) is 5.41 Å². The first-order valence-corrected chi connectivity index (χ1v) is 8.63. The van der Waals surface area contributed by atoms with Gasteiger partial charge in [0.1, 0.15) is 30.2 Å². The van der Waals surface area contributed by atoms with Crippen LogP contribution in [0.25, 0.3) is 0 Å². The molecule has 2 rings (SSSR count). The minimum atomic E-state index is -1.56. The Bertz CT molecular complexity index is 637. The highest BCUT2D eigenvalue weighted by Gasteiger charge is 2.46. The molecule has 26 heavy (non-hydrogen) atoms. The van der Waals surface area contributed by atoms with Crippen molar-refractivity contribution in [2.45, 2.75) is 71.4 Å². The van der Waals surface area contributed by atoms with Gasteiger partial charge in [-0.1, -0.05) is 26.8 Å². The summed E-state index contributed by atoms with van der Waals surface area (Å²) in [4.78, 5) is 11.6. The Morgan fingerprint density at radius 2 is 1.81 bits per heavy atom. The molecule has 1 fully saturated rings. The molecular weight excluding hydrogens is 340 g/mol. The van der Waals surface area contributed by atoms with Crippen LogP contribution in [0.15, 0.2) is 18.2 Å². The zero-order valence-electron chi connectivity index (χ0n) is 15.5. The van der Waals surface area contributed by atoms with Gasteiger partial charge in [0.05, 0.1) is 6.61 Å². The van der Waals surface area contributed by atoms with Crippen LogP contribution in [0.3, 0.4) is 0 Å². The summed E-state index contributed by atoms with van der Waals surface area (Å²) in [6, 6.07) is 5.15. The Morgan fingerprint density at radius 3 is 2.35 bits per heavy atom. The normalized spacial score (nSPS) is 29.5. The highest BCUT2D eigenvalue weighted by Crippen LogP contribution is 2.31. The van der Waals surface area contributed by atoms with Crippen LogP contribution in [0.5, 0.6) is 5.75 Å². The van der Waals surface area contributed by atoms with Crippen LogP contribution in [0.2, 0.25) is 0 Å². The van der Waals surface area contributed by atoms with Gasteiger partial charge in [0.15, 0.2) is 5.78 Å². The lowest BCUT2D eigenvalue weighted by Crippen LogP contribution is -2.60. The van der Waals surface area contributed by atoms with E-state index >= 15 is 0 Å². The smallest absolute Gasteiger partial charge is 0.229 e.